The van der Waals surface area contributed by atoms with E-state index in [1.54, 1.807) is 12.4 Å². The predicted octanol–water partition coefficient (Wildman–Crippen LogP) is 2.19. The maximum absolute atomic E-state index is 5.79. The van der Waals surface area contributed by atoms with Gasteiger partial charge in [0.1, 0.15) is 0 Å². The molecule has 2 rings (SSSR count). The van der Waals surface area contributed by atoms with E-state index < -0.39 is 0 Å². The van der Waals surface area contributed by atoms with Crippen LogP contribution < -0.4 is 5.32 Å². The standard InChI is InChI=1S/C9H7Cl2N5/c10-7-8(14-9(11)16-15-7)13-5-6-1-3-12-4-2-6/h1-4H,5H2,(H,13,14,16). The summed E-state index contributed by atoms with van der Waals surface area (Å²) in [5.74, 6) is 0.415. The fourth-order valence-electron chi connectivity index (χ4n) is 1.09. The molecule has 0 unspecified atom stereocenters. The van der Waals surface area contributed by atoms with E-state index >= 15 is 0 Å². The second-order valence-corrected chi connectivity index (χ2v) is 3.63. The lowest BCUT2D eigenvalue weighted by Crippen LogP contribution is -2.04. The van der Waals surface area contributed by atoms with E-state index in [0.717, 1.165) is 5.56 Å². The quantitative estimate of drug-likeness (QED) is 0.911. The average Bonchev–Trinajstić information content (AvgIpc) is 2.32. The molecular weight excluding hydrogens is 249 g/mol. The van der Waals surface area contributed by atoms with Gasteiger partial charge in [0.25, 0.3) is 0 Å². The Hall–Kier alpha value is -1.46. The molecule has 0 aliphatic rings. The van der Waals surface area contributed by atoms with Crippen molar-refractivity contribution in [2.75, 3.05) is 5.32 Å². The summed E-state index contributed by atoms with van der Waals surface area (Å²) >= 11 is 11.4. The molecule has 0 saturated carbocycles. The Morgan fingerprint density at radius 2 is 1.88 bits per heavy atom. The average molecular weight is 256 g/mol. The summed E-state index contributed by atoms with van der Waals surface area (Å²) in [5, 5.41) is 10.4. The van der Waals surface area contributed by atoms with Gasteiger partial charge >= 0.3 is 0 Å². The van der Waals surface area contributed by atoms with Gasteiger partial charge in [0.15, 0.2) is 11.0 Å². The van der Waals surface area contributed by atoms with Crippen molar-refractivity contribution >= 4 is 29.0 Å². The predicted molar refractivity (Wildman–Crippen MR) is 61.4 cm³/mol. The number of rotatable bonds is 3. The molecule has 2 aromatic heterocycles. The van der Waals surface area contributed by atoms with Crippen LogP contribution in [0.15, 0.2) is 24.5 Å². The molecule has 0 radical (unpaired) electrons. The van der Waals surface area contributed by atoms with Crippen molar-refractivity contribution in [3.63, 3.8) is 0 Å². The van der Waals surface area contributed by atoms with Crippen molar-refractivity contribution in [2.45, 2.75) is 6.54 Å². The van der Waals surface area contributed by atoms with Crippen LogP contribution in [0.4, 0.5) is 5.82 Å². The zero-order valence-corrected chi connectivity index (χ0v) is 9.57. The fourth-order valence-corrected chi connectivity index (χ4v) is 1.36. The van der Waals surface area contributed by atoms with Crippen molar-refractivity contribution in [1.29, 1.82) is 0 Å². The van der Waals surface area contributed by atoms with Gasteiger partial charge < -0.3 is 5.32 Å². The molecule has 0 bridgehead atoms. The molecule has 2 aromatic rings. The third-order valence-electron chi connectivity index (χ3n) is 1.83. The monoisotopic (exact) mass is 255 g/mol. The molecule has 0 atom stereocenters. The van der Waals surface area contributed by atoms with E-state index in [1.807, 2.05) is 12.1 Å². The Morgan fingerprint density at radius 3 is 2.62 bits per heavy atom. The lowest BCUT2D eigenvalue weighted by Gasteiger charge is -2.05. The number of halogens is 2. The third-order valence-corrected chi connectivity index (χ3v) is 2.24. The van der Waals surface area contributed by atoms with Crippen LogP contribution in [0.2, 0.25) is 10.4 Å². The third kappa shape index (κ3) is 2.77. The first-order valence-corrected chi connectivity index (χ1v) is 5.20. The molecule has 7 heteroatoms. The molecule has 1 N–H and O–H groups in total. The summed E-state index contributed by atoms with van der Waals surface area (Å²) in [6, 6.07) is 3.77. The Kier molecular flexibility index (Phi) is 3.48. The second-order valence-electron chi connectivity index (χ2n) is 2.93. The number of anilines is 1. The number of hydrogen-bond acceptors (Lipinski definition) is 5. The smallest absolute Gasteiger partial charge is 0.245 e. The molecule has 2 heterocycles. The molecule has 0 fully saturated rings. The van der Waals surface area contributed by atoms with Gasteiger partial charge in [-0.2, -0.15) is 4.98 Å². The molecular formula is C9H7Cl2N5. The highest BCUT2D eigenvalue weighted by molar-refractivity contribution is 6.32. The van der Waals surface area contributed by atoms with Crippen LogP contribution in [-0.4, -0.2) is 20.2 Å². The van der Waals surface area contributed by atoms with Crippen LogP contribution in [0, 0.1) is 0 Å². The van der Waals surface area contributed by atoms with E-state index in [9.17, 15) is 0 Å². The van der Waals surface area contributed by atoms with Crippen molar-refractivity contribution in [3.8, 4) is 0 Å². The van der Waals surface area contributed by atoms with Gasteiger partial charge in [-0.1, -0.05) is 11.6 Å². The number of nitrogens with one attached hydrogen (secondary N) is 1. The summed E-state index contributed by atoms with van der Waals surface area (Å²) in [6.07, 6.45) is 3.42. The number of aromatic nitrogens is 4. The highest BCUT2D eigenvalue weighted by atomic mass is 35.5. The van der Waals surface area contributed by atoms with Gasteiger partial charge in [-0.15, -0.1) is 10.2 Å². The van der Waals surface area contributed by atoms with Gasteiger partial charge in [0.2, 0.25) is 5.28 Å². The Bertz CT molecular complexity index is 477. The summed E-state index contributed by atoms with van der Waals surface area (Å²) in [5.41, 5.74) is 1.06. The van der Waals surface area contributed by atoms with E-state index in [4.69, 9.17) is 23.2 Å². The molecule has 82 valence electrons. The minimum Gasteiger partial charge on any atom is -0.363 e. The van der Waals surface area contributed by atoms with E-state index in [2.05, 4.69) is 25.5 Å². The van der Waals surface area contributed by atoms with Gasteiger partial charge in [-0.05, 0) is 29.3 Å². The highest BCUT2D eigenvalue weighted by Gasteiger charge is 2.05. The SMILES string of the molecule is Clc1nnc(Cl)c(NCc2ccncc2)n1. The van der Waals surface area contributed by atoms with Gasteiger partial charge in [-0.25, -0.2) is 0 Å². The number of nitrogens with zero attached hydrogens (tertiary/aromatic N) is 4. The van der Waals surface area contributed by atoms with Crippen LogP contribution in [-0.2, 0) is 6.54 Å². The van der Waals surface area contributed by atoms with Crippen LogP contribution >= 0.6 is 23.2 Å². The van der Waals surface area contributed by atoms with E-state index in [0.29, 0.717) is 12.4 Å². The van der Waals surface area contributed by atoms with Gasteiger partial charge in [0, 0.05) is 18.9 Å². The van der Waals surface area contributed by atoms with Crippen molar-refractivity contribution in [1.82, 2.24) is 20.2 Å². The largest absolute Gasteiger partial charge is 0.363 e. The van der Waals surface area contributed by atoms with Crippen molar-refractivity contribution in [3.05, 3.63) is 40.5 Å². The molecule has 0 saturated heterocycles. The molecule has 0 aliphatic heterocycles. The zero-order valence-electron chi connectivity index (χ0n) is 8.06. The number of hydrogen-bond donors (Lipinski definition) is 1. The first-order chi connectivity index (χ1) is 7.75. The normalized spacial score (nSPS) is 10.1. The minimum atomic E-state index is 0.0571. The molecule has 0 aliphatic carbocycles. The second kappa shape index (κ2) is 5.05. The first-order valence-electron chi connectivity index (χ1n) is 4.44. The molecule has 16 heavy (non-hydrogen) atoms. The lowest BCUT2D eigenvalue weighted by molar-refractivity contribution is 0.958. The van der Waals surface area contributed by atoms with Crippen LogP contribution in [0.25, 0.3) is 0 Å². The summed E-state index contributed by atoms with van der Waals surface area (Å²) < 4.78 is 0. The Morgan fingerprint density at radius 1 is 1.12 bits per heavy atom. The first kappa shape index (κ1) is 11.0. The summed E-state index contributed by atoms with van der Waals surface area (Å²) in [7, 11) is 0. The molecule has 5 nitrogen and oxygen atoms in total. The molecule has 0 aromatic carbocycles. The lowest BCUT2D eigenvalue weighted by atomic mass is 10.3. The van der Waals surface area contributed by atoms with Crippen LogP contribution in [0.3, 0.4) is 0 Å². The van der Waals surface area contributed by atoms with Crippen LogP contribution in [0.5, 0.6) is 0 Å². The van der Waals surface area contributed by atoms with E-state index in [1.165, 1.54) is 0 Å². The van der Waals surface area contributed by atoms with Crippen molar-refractivity contribution < 1.29 is 0 Å². The molecule has 0 amide bonds. The van der Waals surface area contributed by atoms with Gasteiger partial charge in [-0.3, -0.25) is 4.98 Å². The Labute approximate surface area is 102 Å². The summed E-state index contributed by atoms with van der Waals surface area (Å²) in [4.78, 5) is 7.84. The number of pyridine rings is 1. The van der Waals surface area contributed by atoms with Gasteiger partial charge in [0.05, 0.1) is 0 Å². The highest BCUT2D eigenvalue weighted by Crippen LogP contribution is 2.17. The maximum atomic E-state index is 5.79. The summed E-state index contributed by atoms with van der Waals surface area (Å²) in [6.45, 7) is 0.567. The Balaban J connectivity index is 2.08. The van der Waals surface area contributed by atoms with Crippen LogP contribution in [0.1, 0.15) is 5.56 Å². The minimum absolute atomic E-state index is 0.0571. The van der Waals surface area contributed by atoms with Crippen molar-refractivity contribution in [2.24, 2.45) is 0 Å². The fraction of sp³-hybridized carbons (Fsp3) is 0.111. The topological polar surface area (TPSA) is 63.6 Å². The van der Waals surface area contributed by atoms with E-state index in [-0.39, 0.29) is 10.4 Å². The molecule has 0 spiro atoms. The maximum Gasteiger partial charge on any atom is 0.245 e. The zero-order chi connectivity index (χ0) is 11.4.